The Bertz CT molecular complexity index is 447. The smallest absolute Gasteiger partial charge is 0.398 e. The molecule has 1 aromatic rings. The van der Waals surface area contributed by atoms with Gasteiger partial charge in [-0.1, -0.05) is 6.07 Å². The van der Waals surface area contributed by atoms with Crippen molar-refractivity contribution in [1.29, 1.82) is 5.26 Å². The number of hydrogen-bond donors (Lipinski definition) is 2. The van der Waals surface area contributed by atoms with Crippen molar-refractivity contribution in [2.75, 3.05) is 5.73 Å². The van der Waals surface area contributed by atoms with E-state index < -0.39 is 29.2 Å². The van der Waals surface area contributed by atoms with Crippen molar-refractivity contribution in [1.82, 2.24) is 0 Å². The van der Waals surface area contributed by atoms with Crippen molar-refractivity contribution in [2.45, 2.75) is 12.2 Å². The highest BCUT2D eigenvalue weighted by atomic mass is 19.4. The number of hydrogen-bond acceptors (Lipinski definition) is 3. The van der Waals surface area contributed by atoms with E-state index >= 15 is 0 Å². The largest absolute Gasteiger partial charge is 0.407 e. The van der Waals surface area contributed by atoms with Gasteiger partial charge in [0.05, 0.1) is 5.69 Å². The second-order valence-electron chi connectivity index (χ2n) is 3.06. The number of anilines is 1. The minimum atomic E-state index is -4.77. The van der Waals surface area contributed by atoms with E-state index in [2.05, 4.69) is 0 Å². The molecular formula is C9H7F4N3. The van der Waals surface area contributed by atoms with Crippen LogP contribution in [0.5, 0.6) is 0 Å². The van der Waals surface area contributed by atoms with Crippen LogP contribution in [0.4, 0.5) is 23.2 Å². The Morgan fingerprint density at radius 2 is 1.88 bits per heavy atom. The fourth-order valence-electron chi connectivity index (χ4n) is 1.14. The van der Waals surface area contributed by atoms with Gasteiger partial charge in [0.1, 0.15) is 23.5 Å². The number of rotatable bonds is 1. The molecule has 3 nitrogen and oxygen atoms in total. The molecule has 0 spiro atoms. The Labute approximate surface area is 88.3 Å². The molecule has 0 aliphatic heterocycles. The quantitative estimate of drug-likeness (QED) is 0.574. The second kappa shape index (κ2) is 3.98. The Morgan fingerprint density at radius 1 is 1.31 bits per heavy atom. The molecule has 0 unspecified atom stereocenters. The van der Waals surface area contributed by atoms with E-state index in [9.17, 15) is 17.6 Å². The first kappa shape index (κ1) is 12.3. The molecule has 0 aliphatic rings. The number of alkyl halides is 3. The average molecular weight is 233 g/mol. The van der Waals surface area contributed by atoms with Gasteiger partial charge >= 0.3 is 6.18 Å². The Hall–Kier alpha value is -1.81. The number of halogens is 4. The number of benzene rings is 1. The topological polar surface area (TPSA) is 75.8 Å². The van der Waals surface area contributed by atoms with Crippen molar-refractivity contribution < 1.29 is 17.6 Å². The molecule has 0 radical (unpaired) electrons. The Morgan fingerprint density at radius 3 is 2.31 bits per heavy atom. The van der Waals surface area contributed by atoms with Crippen LogP contribution in [0.2, 0.25) is 0 Å². The third kappa shape index (κ3) is 2.06. The molecule has 0 bridgehead atoms. The lowest BCUT2D eigenvalue weighted by atomic mass is 10.0. The van der Waals surface area contributed by atoms with E-state index in [0.717, 1.165) is 12.1 Å². The van der Waals surface area contributed by atoms with Crippen LogP contribution in [0, 0.1) is 17.1 Å². The van der Waals surface area contributed by atoms with E-state index in [0.29, 0.717) is 0 Å². The van der Waals surface area contributed by atoms with Crippen LogP contribution in [-0.2, 0) is 0 Å². The summed E-state index contributed by atoms with van der Waals surface area (Å²) >= 11 is 0. The van der Waals surface area contributed by atoms with Gasteiger partial charge in [-0.15, -0.1) is 0 Å². The lowest BCUT2D eigenvalue weighted by Crippen LogP contribution is -2.29. The van der Waals surface area contributed by atoms with Crippen molar-refractivity contribution in [3.8, 4) is 6.07 Å². The van der Waals surface area contributed by atoms with E-state index in [-0.39, 0.29) is 5.69 Å². The van der Waals surface area contributed by atoms with Gasteiger partial charge < -0.3 is 11.5 Å². The van der Waals surface area contributed by atoms with Crippen molar-refractivity contribution in [3.63, 3.8) is 0 Å². The number of nitrogen functional groups attached to an aromatic ring is 1. The van der Waals surface area contributed by atoms with Gasteiger partial charge in [-0.3, -0.25) is 0 Å². The minimum Gasteiger partial charge on any atom is -0.398 e. The summed E-state index contributed by atoms with van der Waals surface area (Å²) in [5.41, 5.74) is 8.41. The number of nitrogens with zero attached hydrogens (tertiary/aromatic N) is 1. The van der Waals surface area contributed by atoms with Crippen molar-refractivity contribution in [2.24, 2.45) is 5.73 Å². The maximum absolute atomic E-state index is 13.4. The van der Waals surface area contributed by atoms with Gasteiger partial charge in [0.25, 0.3) is 0 Å². The molecule has 16 heavy (non-hydrogen) atoms. The van der Waals surface area contributed by atoms with Gasteiger partial charge in [0.2, 0.25) is 0 Å². The zero-order valence-electron chi connectivity index (χ0n) is 7.85. The summed E-state index contributed by atoms with van der Waals surface area (Å²) in [4.78, 5) is 0. The lowest BCUT2D eigenvalue weighted by Gasteiger charge is -2.17. The molecule has 1 aromatic carbocycles. The zero-order valence-corrected chi connectivity index (χ0v) is 7.85. The molecule has 4 N–H and O–H groups in total. The van der Waals surface area contributed by atoms with Gasteiger partial charge in [-0.25, -0.2) is 4.39 Å². The lowest BCUT2D eigenvalue weighted by molar-refractivity contribution is -0.149. The molecule has 0 amide bonds. The van der Waals surface area contributed by atoms with Crippen LogP contribution in [0.1, 0.15) is 17.2 Å². The normalized spacial score (nSPS) is 13.2. The summed E-state index contributed by atoms with van der Waals surface area (Å²) < 4.78 is 50.2. The maximum atomic E-state index is 13.4. The van der Waals surface area contributed by atoms with Crippen LogP contribution < -0.4 is 11.5 Å². The predicted octanol–water partition coefficient (Wildman–Crippen LogP) is 1.84. The van der Waals surface area contributed by atoms with E-state index in [4.69, 9.17) is 16.7 Å². The van der Waals surface area contributed by atoms with Crippen LogP contribution in [0.15, 0.2) is 12.1 Å². The Kier molecular flexibility index (Phi) is 3.05. The predicted molar refractivity (Wildman–Crippen MR) is 48.5 cm³/mol. The first-order valence-corrected chi connectivity index (χ1v) is 4.09. The summed E-state index contributed by atoms with van der Waals surface area (Å²) in [6, 6.07) is 0.755. The minimum absolute atomic E-state index is 0.224. The molecule has 1 rings (SSSR count). The Balaban J connectivity index is 3.34. The summed E-state index contributed by atoms with van der Waals surface area (Å²) in [5, 5.41) is 8.52. The molecule has 0 saturated carbocycles. The highest BCUT2D eigenvalue weighted by Crippen LogP contribution is 2.33. The van der Waals surface area contributed by atoms with Crippen LogP contribution >= 0.6 is 0 Å². The molecule has 0 fully saturated rings. The van der Waals surface area contributed by atoms with Gasteiger partial charge in [-0.2, -0.15) is 18.4 Å². The molecule has 0 aliphatic carbocycles. The number of nitrogens with two attached hydrogens (primary N) is 2. The maximum Gasteiger partial charge on any atom is 0.407 e. The first-order chi connectivity index (χ1) is 7.29. The zero-order chi connectivity index (χ0) is 12.5. The SMILES string of the molecule is N#Cc1c(N)ccc([C@@H](N)C(F)(F)F)c1F. The fourth-order valence-corrected chi connectivity index (χ4v) is 1.14. The molecule has 0 heterocycles. The summed E-state index contributed by atoms with van der Waals surface area (Å²) in [6.45, 7) is 0. The van der Waals surface area contributed by atoms with Gasteiger partial charge in [-0.05, 0) is 6.07 Å². The molecule has 0 saturated heterocycles. The molecule has 7 heteroatoms. The molecule has 86 valence electrons. The monoisotopic (exact) mass is 233 g/mol. The molecule has 0 aromatic heterocycles. The van der Waals surface area contributed by atoms with E-state index in [1.807, 2.05) is 0 Å². The van der Waals surface area contributed by atoms with Crippen LogP contribution in [-0.4, -0.2) is 6.18 Å². The van der Waals surface area contributed by atoms with Crippen molar-refractivity contribution in [3.05, 3.63) is 29.1 Å². The van der Waals surface area contributed by atoms with Crippen LogP contribution in [0.25, 0.3) is 0 Å². The number of nitriles is 1. The van der Waals surface area contributed by atoms with Crippen molar-refractivity contribution >= 4 is 5.69 Å². The molecule has 1 atom stereocenters. The average Bonchev–Trinajstić information content (AvgIpc) is 2.16. The summed E-state index contributed by atoms with van der Waals surface area (Å²) in [5.74, 6) is -1.33. The third-order valence-electron chi connectivity index (χ3n) is 2.00. The first-order valence-electron chi connectivity index (χ1n) is 4.09. The van der Waals surface area contributed by atoms with Gasteiger partial charge in [0, 0.05) is 5.56 Å². The van der Waals surface area contributed by atoms with Gasteiger partial charge in [0.15, 0.2) is 0 Å². The van der Waals surface area contributed by atoms with Crippen LogP contribution in [0.3, 0.4) is 0 Å². The summed E-state index contributed by atoms with van der Waals surface area (Å²) in [6.07, 6.45) is -4.77. The van der Waals surface area contributed by atoms with E-state index in [1.165, 1.54) is 6.07 Å². The second-order valence-corrected chi connectivity index (χ2v) is 3.06. The highest BCUT2D eigenvalue weighted by molar-refractivity contribution is 5.56. The highest BCUT2D eigenvalue weighted by Gasteiger charge is 2.39. The fraction of sp³-hybridized carbons (Fsp3) is 0.222. The van der Waals surface area contributed by atoms with E-state index in [1.54, 1.807) is 0 Å². The third-order valence-corrected chi connectivity index (χ3v) is 2.00. The molecular weight excluding hydrogens is 226 g/mol. The standard InChI is InChI=1S/C9H7F4N3/c10-7-4(8(16)9(11,12)13)1-2-6(15)5(7)3-14/h1-2,8H,15-16H2/t8-/m1/s1. The summed E-state index contributed by atoms with van der Waals surface area (Å²) in [7, 11) is 0.